The number of anilines is 1. The highest BCUT2D eigenvalue weighted by Gasteiger charge is 1.96. The molecular formula is C16H18FN3S. The first-order valence-electron chi connectivity index (χ1n) is 6.65. The molecule has 0 bridgehead atoms. The predicted molar refractivity (Wildman–Crippen MR) is 88.4 cm³/mol. The summed E-state index contributed by atoms with van der Waals surface area (Å²) < 4.78 is 12.8. The first-order chi connectivity index (χ1) is 10.1. The Balaban J connectivity index is 1.75. The molecule has 0 aliphatic heterocycles. The van der Waals surface area contributed by atoms with Crippen LogP contribution in [0.5, 0.6) is 0 Å². The summed E-state index contributed by atoms with van der Waals surface area (Å²) in [5.41, 5.74) is 7.95. The standard InChI is InChI=1S/C16H18FN3S/c1-12-2-6-14(7-3-12)20-16(18)19-10-11-21-15-8-4-13(17)5-9-15/h2-9H,10-11H2,1H3,(H3,18,19,20). The summed E-state index contributed by atoms with van der Waals surface area (Å²) in [6, 6.07) is 14.4. The van der Waals surface area contributed by atoms with E-state index < -0.39 is 0 Å². The highest BCUT2D eigenvalue weighted by Crippen LogP contribution is 2.17. The Morgan fingerprint density at radius 2 is 1.81 bits per heavy atom. The summed E-state index contributed by atoms with van der Waals surface area (Å²) in [5.74, 6) is 0.976. The van der Waals surface area contributed by atoms with Crippen LogP contribution < -0.4 is 11.1 Å². The lowest BCUT2D eigenvalue weighted by Crippen LogP contribution is -2.23. The van der Waals surface area contributed by atoms with E-state index in [2.05, 4.69) is 10.3 Å². The van der Waals surface area contributed by atoms with Gasteiger partial charge < -0.3 is 11.1 Å². The molecular weight excluding hydrogens is 285 g/mol. The van der Waals surface area contributed by atoms with Crippen LogP contribution in [-0.4, -0.2) is 18.3 Å². The number of halogens is 1. The lowest BCUT2D eigenvalue weighted by Gasteiger charge is -2.06. The van der Waals surface area contributed by atoms with Crippen molar-refractivity contribution in [1.29, 1.82) is 0 Å². The molecule has 0 radical (unpaired) electrons. The highest BCUT2D eigenvalue weighted by atomic mass is 32.2. The molecule has 0 fully saturated rings. The van der Waals surface area contributed by atoms with Crippen molar-refractivity contribution >= 4 is 23.4 Å². The molecule has 2 aromatic carbocycles. The number of nitrogens with zero attached hydrogens (tertiary/aromatic N) is 1. The molecule has 21 heavy (non-hydrogen) atoms. The molecule has 0 heterocycles. The first kappa shape index (κ1) is 15.4. The number of benzene rings is 2. The van der Waals surface area contributed by atoms with E-state index >= 15 is 0 Å². The summed E-state index contributed by atoms with van der Waals surface area (Å²) >= 11 is 1.62. The third-order valence-corrected chi connectivity index (χ3v) is 3.77. The molecule has 0 aliphatic rings. The van der Waals surface area contributed by atoms with E-state index in [1.165, 1.54) is 17.7 Å². The van der Waals surface area contributed by atoms with E-state index in [0.29, 0.717) is 12.5 Å². The Bertz CT molecular complexity index is 594. The molecule has 0 saturated heterocycles. The van der Waals surface area contributed by atoms with Crippen LogP contribution in [0.2, 0.25) is 0 Å². The van der Waals surface area contributed by atoms with Crippen molar-refractivity contribution in [3.8, 4) is 0 Å². The molecule has 2 rings (SSSR count). The van der Waals surface area contributed by atoms with E-state index in [-0.39, 0.29) is 5.82 Å². The number of hydrogen-bond donors (Lipinski definition) is 2. The molecule has 0 saturated carbocycles. The fourth-order valence-electron chi connectivity index (χ4n) is 1.68. The Hall–Kier alpha value is -2.01. The van der Waals surface area contributed by atoms with Crippen molar-refractivity contribution in [2.75, 3.05) is 17.6 Å². The number of rotatable bonds is 5. The Kier molecular flexibility index (Phi) is 5.63. The second-order valence-electron chi connectivity index (χ2n) is 4.56. The average Bonchev–Trinajstić information content (AvgIpc) is 2.48. The first-order valence-corrected chi connectivity index (χ1v) is 7.64. The number of aryl methyl sites for hydroxylation is 1. The third-order valence-electron chi connectivity index (χ3n) is 2.78. The van der Waals surface area contributed by atoms with Gasteiger partial charge in [0.2, 0.25) is 0 Å². The van der Waals surface area contributed by atoms with E-state index in [0.717, 1.165) is 16.3 Å². The van der Waals surface area contributed by atoms with Crippen LogP contribution in [0.3, 0.4) is 0 Å². The fraction of sp³-hybridized carbons (Fsp3) is 0.188. The number of nitrogens with one attached hydrogen (secondary N) is 1. The predicted octanol–water partition coefficient (Wildman–Crippen LogP) is 3.65. The smallest absolute Gasteiger partial charge is 0.193 e. The van der Waals surface area contributed by atoms with E-state index in [9.17, 15) is 4.39 Å². The van der Waals surface area contributed by atoms with Crippen molar-refractivity contribution in [2.45, 2.75) is 11.8 Å². The quantitative estimate of drug-likeness (QED) is 0.384. The van der Waals surface area contributed by atoms with Crippen LogP contribution >= 0.6 is 11.8 Å². The monoisotopic (exact) mass is 303 g/mol. The molecule has 110 valence electrons. The number of aliphatic imine (C=N–C) groups is 1. The van der Waals surface area contributed by atoms with E-state index in [1.807, 2.05) is 31.2 Å². The molecule has 0 unspecified atom stereocenters. The maximum absolute atomic E-state index is 12.8. The molecule has 3 nitrogen and oxygen atoms in total. The second kappa shape index (κ2) is 7.69. The molecule has 0 atom stereocenters. The maximum Gasteiger partial charge on any atom is 0.193 e. The number of thioether (sulfide) groups is 1. The molecule has 0 aliphatic carbocycles. The molecule has 0 aromatic heterocycles. The SMILES string of the molecule is Cc1ccc(NC(N)=NCCSc2ccc(F)cc2)cc1. The number of guanidine groups is 1. The summed E-state index contributed by atoms with van der Waals surface area (Å²) in [7, 11) is 0. The average molecular weight is 303 g/mol. The Morgan fingerprint density at radius 1 is 1.14 bits per heavy atom. The minimum absolute atomic E-state index is 0.219. The minimum Gasteiger partial charge on any atom is -0.370 e. The van der Waals surface area contributed by atoms with Crippen LogP contribution in [0.15, 0.2) is 58.4 Å². The Morgan fingerprint density at radius 3 is 2.48 bits per heavy atom. The van der Waals surface area contributed by atoms with Crippen molar-refractivity contribution in [3.63, 3.8) is 0 Å². The van der Waals surface area contributed by atoms with Gasteiger partial charge in [-0.1, -0.05) is 17.7 Å². The highest BCUT2D eigenvalue weighted by molar-refractivity contribution is 7.99. The van der Waals surface area contributed by atoms with Crippen LogP contribution in [0.25, 0.3) is 0 Å². The zero-order chi connectivity index (χ0) is 15.1. The van der Waals surface area contributed by atoms with Crippen LogP contribution in [0.1, 0.15) is 5.56 Å². The summed E-state index contributed by atoms with van der Waals surface area (Å²) in [4.78, 5) is 5.29. The maximum atomic E-state index is 12.8. The lowest BCUT2D eigenvalue weighted by molar-refractivity contribution is 0.626. The topological polar surface area (TPSA) is 50.4 Å². The van der Waals surface area contributed by atoms with E-state index in [4.69, 9.17) is 5.73 Å². The molecule has 0 spiro atoms. The van der Waals surface area contributed by atoms with Crippen molar-refractivity contribution < 1.29 is 4.39 Å². The Labute approximate surface area is 128 Å². The zero-order valence-electron chi connectivity index (χ0n) is 11.8. The van der Waals surface area contributed by atoms with Gasteiger partial charge in [0.05, 0.1) is 6.54 Å². The van der Waals surface area contributed by atoms with Gasteiger partial charge in [0.25, 0.3) is 0 Å². The fourth-order valence-corrected chi connectivity index (χ4v) is 2.43. The molecule has 5 heteroatoms. The van der Waals surface area contributed by atoms with Crippen molar-refractivity contribution in [3.05, 3.63) is 59.9 Å². The van der Waals surface area contributed by atoms with Gasteiger partial charge in [0.15, 0.2) is 5.96 Å². The number of nitrogens with two attached hydrogens (primary N) is 1. The van der Waals surface area contributed by atoms with Crippen molar-refractivity contribution in [1.82, 2.24) is 0 Å². The normalized spacial score (nSPS) is 11.4. The second-order valence-corrected chi connectivity index (χ2v) is 5.73. The molecule has 3 N–H and O–H groups in total. The summed E-state index contributed by atoms with van der Waals surface area (Å²) in [6.45, 7) is 2.64. The lowest BCUT2D eigenvalue weighted by atomic mass is 10.2. The van der Waals surface area contributed by atoms with Crippen LogP contribution in [-0.2, 0) is 0 Å². The van der Waals surface area contributed by atoms with Gasteiger partial charge in [0, 0.05) is 16.3 Å². The summed E-state index contributed by atoms with van der Waals surface area (Å²) in [5, 5.41) is 3.04. The van der Waals surface area contributed by atoms with Gasteiger partial charge in [0.1, 0.15) is 5.82 Å². The third kappa shape index (κ3) is 5.47. The van der Waals surface area contributed by atoms with Gasteiger partial charge in [-0.25, -0.2) is 4.39 Å². The largest absolute Gasteiger partial charge is 0.370 e. The van der Waals surface area contributed by atoms with Gasteiger partial charge in [-0.15, -0.1) is 11.8 Å². The molecule has 0 amide bonds. The minimum atomic E-state index is -0.219. The van der Waals surface area contributed by atoms with Gasteiger partial charge in [-0.3, -0.25) is 4.99 Å². The summed E-state index contributed by atoms with van der Waals surface area (Å²) in [6.07, 6.45) is 0. The van der Waals surface area contributed by atoms with Crippen LogP contribution in [0.4, 0.5) is 10.1 Å². The zero-order valence-corrected chi connectivity index (χ0v) is 12.7. The van der Waals surface area contributed by atoms with Crippen molar-refractivity contribution in [2.24, 2.45) is 10.7 Å². The van der Waals surface area contributed by atoms with Crippen LogP contribution in [0, 0.1) is 12.7 Å². The van der Waals surface area contributed by atoms with Gasteiger partial charge >= 0.3 is 0 Å². The van der Waals surface area contributed by atoms with Gasteiger partial charge in [-0.2, -0.15) is 0 Å². The number of hydrogen-bond acceptors (Lipinski definition) is 2. The van der Waals surface area contributed by atoms with Gasteiger partial charge in [-0.05, 0) is 43.3 Å². The molecule has 2 aromatic rings. The van der Waals surface area contributed by atoms with E-state index in [1.54, 1.807) is 23.9 Å².